The zero-order valence-electron chi connectivity index (χ0n) is 15.6. The molecule has 1 unspecified atom stereocenters. The van der Waals surface area contributed by atoms with Crippen molar-refractivity contribution in [2.75, 3.05) is 13.7 Å². The minimum atomic E-state index is 0. The van der Waals surface area contributed by atoms with Crippen LogP contribution in [0, 0.1) is 0 Å². The van der Waals surface area contributed by atoms with Gasteiger partial charge in [0.05, 0.1) is 13.1 Å². The van der Waals surface area contributed by atoms with Crippen molar-refractivity contribution in [1.29, 1.82) is 0 Å². The molecule has 0 fully saturated rings. The van der Waals surface area contributed by atoms with Gasteiger partial charge in [-0.05, 0) is 31.0 Å². The van der Waals surface area contributed by atoms with Gasteiger partial charge in [0.2, 0.25) is 0 Å². The summed E-state index contributed by atoms with van der Waals surface area (Å²) in [6, 6.07) is 8.50. The van der Waals surface area contributed by atoms with Crippen molar-refractivity contribution in [3.8, 4) is 0 Å². The number of methoxy groups -OCH3 is 1. The first kappa shape index (κ1) is 22.1. The minimum absolute atomic E-state index is 0. The molecule has 3 rings (SSSR count). The summed E-state index contributed by atoms with van der Waals surface area (Å²) in [7, 11) is 1.66. The first-order chi connectivity index (χ1) is 12.7. The van der Waals surface area contributed by atoms with Crippen LogP contribution in [0.25, 0.3) is 0 Å². The van der Waals surface area contributed by atoms with Gasteiger partial charge in [-0.1, -0.05) is 28.1 Å². The maximum atomic E-state index is 5.12. The lowest BCUT2D eigenvalue weighted by molar-refractivity contribution is 0.177. The van der Waals surface area contributed by atoms with Crippen LogP contribution in [-0.4, -0.2) is 40.4 Å². The molecule has 0 radical (unpaired) electrons. The molecule has 0 spiro atoms. The van der Waals surface area contributed by atoms with Gasteiger partial charge in [-0.3, -0.25) is 0 Å². The topological polar surface area (TPSA) is 76.4 Å². The van der Waals surface area contributed by atoms with Crippen molar-refractivity contribution in [2.45, 2.75) is 45.5 Å². The summed E-state index contributed by atoms with van der Waals surface area (Å²) < 4.78 is 8.17. The molecule has 0 amide bonds. The van der Waals surface area contributed by atoms with Crippen LogP contribution in [0.5, 0.6) is 0 Å². The molecule has 1 aliphatic heterocycles. The standard InChI is InChI=1S/C18H25BrN6O.HI/c1-3-20-18(21-10-13-5-4-6-14(19)9-13)22-15-7-8-17-23-16(12-26-2)24-25(17)11-15;/h4-6,9,15H,3,7-8,10-12H2,1-2H3,(H2,20,21,22);1H. The van der Waals surface area contributed by atoms with Gasteiger partial charge >= 0.3 is 0 Å². The van der Waals surface area contributed by atoms with Gasteiger partial charge in [-0.15, -0.1) is 24.0 Å². The van der Waals surface area contributed by atoms with E-state index >= 15 is 0 Å². The molecule has 1 aliphatic rings. The fraction of sp³-hybridized carbons (Fsp3) is 0.500. The van der Waals surface area contributed by atoms with Gasteiger partial charge < -0.3 is 15.4 Å². The number of aliphatic imine (C=N–C) groups is 1. The Labute approximate surface area is 185 Å². The maximum Gasteiger partial charge on any atom is 0.191 e. The zero-order valence-corrected chi connectivity index (χ0v) is 19.5. The van der Waals surface area contributed by atoms with Gasteiger partial charge in [-0.25, -0.2) is 14.7 Å². The normalized spacial score (nSPS) is 16.4. The molecule has 1 atom stereocenters. The van der Waals surface area contributed by atoms with Crippen LogP contribution in [0.15, 0.2) is 33.7 Å². The Balaban J connectivity index is 0.00000261. The van der Waals surface area contributed by atoms with Crippen molar-refractivity contribution in [1.82, 2.24) is 25.4 Å². The number of hydrogen-bond acceptors (Lipinski definition) is 4. The Hall–Kier alpha value is -1.20. The van der Waals surface area contributed by atoms with Crippen LogP contribution in [0.2, 0.25) is 0 Å². The van der Waals surface area contributed by atoms with Gasteiger partial charge in [0.15, 0.2) is 11.8 Å². The summed E-state index contributed by atoms with van der Waals surface area (Å²) in [5.41, 5.74) is 1.17. The second kappa shape index (κ2) is 11.0. The first-order valence-electron chi connectivity index (χ1n) is 8.88. The van der Waals surface area contributed by atoms with Crippen LogP contribution in [-0.2, 0) is 30.9 Å². The van der Waals surface area contributed by atoms with E-state index in [-0.39, 0.29) is 30.0 Å². The summed E-state index contributed by atoms with van der Waals surface area (Å²) in [6.45, 7) is 4.77. The van der Waals surface area contributed by atoms with E-state index in [0.717, 1.165) is 48.0 Å². The smallest absolute Gasteiger partial charge is 0.191 e. The molecule has 148 valence electrons. The van der Waals surface area contributed by atoms with Gasteiger partial charge in [0.25, 0.3) is 0 Å². The Morgan fingerprint density at radius 2 is 2.30 bits per heavy atom. The number of aryl methyl sites for hydroxylation is 1. The zero-order chi connectivity index (χ0) is 18.4. The van der Waals surface area contributed by atoms with Gasteiger partial charge in [0, 0.05) is 30.6 Å². The lowest BCUT2D eigenvalue weighted by Crippen LogP contribution is -2.47. The van der Waals surface area contributed by atoms with Crippen molar-refractivity contribution >= 4 is 45.9 Å². The van der Waals surface area contributed by atoms with E-state index in [1.165, 1.54) is 5.56 Å². The third-order valence-electron chi connectivity index (χ3n) is 4.17. The molecule has 0 aliphatic carbocycles. The van der Waals surface area contributed by atoms with Crippen LogP contribution in [0.3, 0.4) is 0 Å². The Kier molecular flexibility index (Phi) is 8.97. The van der Waals surface area contributed by atoms with E-state index in [1.807, 2.05) is 16.8 Å². The van der Waals surface area contributed by atoms with E-state index < -0.39 is 0 Å². The predicted molar refractivity (Wildman–Crippen MR) is 120 cm³/mol. The number of benzene rings is 1. The molecule has 0 bridgehead atoms. The fourth-order valence-corrected chi connectivity index (χ4v) is 3.43. The number of ether oxygens (including phenoxy) is 1. The van der Waals surface area contributed by atoms with Crippen LogP contribution in [0.1, 0.15) is 30.6 Å². The van der Waals surface area contributed by atoms with E-state index in [4.69, 9.17) is 9.73 Å². The number of nitrogens with one attached hydrogen (secondary N) is 2. The highest BCUT2D eigenvalue weighted by molar-refractivity contribution is 14.0. The molecule has 0 saturated carbocycles. The molecular weight excluding hydrogens is 523 g/mol. The molecular formula is C18H26BrIN6O. The third-order valence-corrected chi connectivity index (χ3v) is 4.66. The number of fused-ring (bicyclic) bond motifs is 1. The summed E-state index contributed by atoms with van der Waals surface area (Å²) in [4.78, 5) is 9.24. The fourth-order valence-electron chi connectivity index (χ4n) is 2.99. The highest BCUT2D eigenvalue weighted by Gasteiger charge is 2.22. The van der Waals surface area contributed by atoms with E-state index in [0.29, 0.717) is 13.2 Å². The number of aromatic nitrogens is 3. The van der Waals surface area contributed by atoms with Crippen LogP contribution < -0.4 is 10.6 Å². The number of halogens is 2. The largest absolute Gasteiger partial charge is 0.377 e. The van der Waals surface area contributed by atoms with Crippen molar-refractivity contribution in [3.63, 3.8) is 0 Å². The monoisotopic (exact) mass is 548 g/mol. The van der Waals surface area contributed by atoms with Gasteiger partial charge in [-0.2, -0.15) is 5.10 Å². The van der Waals surface area contributed by atoms with Crippen molar-refractivity contribution in [3.05, 3.63) is 46.0 Å². The molecule has 2 aromatic rings. The van der Waals surface area contributed by atoms with Crippen LogP contribution in [0.4, 0.5) is 0 Å². The number of guanidine groups is 1. The number of nitrogens with zero attached hydrogens (tertiary/aromatic N) is 4. The summed E-state index contributed by atoms with van der Waals surface area (Å²) >= 11 is 3.50. The molecule has 1 aromatic heterocycles. The molecule has 2 heterocycles. The van der Waals surface area contributed by atoms with Crippen molar-refractivity contribution in [2.24, 2.45) is 4.99 Å². The third kappa shape index (κ3) is 6.42. The Bertz CT molecular complexity index is 766. The second-order valence-corrected chi connectivity index (χ2v) is 7.18. The molecule has 1 aromatic carbocycles. The summed E-state index contributed by atoms with van der Waals surface area (Å²) in [5, 5.41) is 11.4. The molecule has 27 heavy (non-hydrogen) atoms. The molecule has 7 nitrogen and oxygen atoms in total. The van der Waals surface area contributed by atoms with Gasteiger partial charge in [0.1, 0.15) is 12.4 Å². The molecule has 0 saturated heterocycles. The lowest BCUT2D eigenvalue weighted by Gasteiger charge is -2.25. The number of rotatable bonds is 6. The Morgan fingerprint density at radius 3 is 3.04 bits per heavy atom. The second-order valence-electron chi connectivity index (χ2n) is 6.26. The average molecular weight is 549 g/mol. The lowest BCUT2D eigenvalue weighted by atomic mass is 10.1. The first-order valence-corrected chi connectivity index (χ1v) is 9.68. The highest BCUT2D eigenvalue weighted by Crippen LogP contribution is 2.14. The maximum absolute atomic E-state index is 5.12. The highest BCUT2D eigenvalue weighted by atomic mass is 127. The van der Waals surface area contributed by atoms with E-state index in [1.54, 1.807) is 7.11 Å². The summed E-state index contributed by atoms with van der Waals surface area (Å²) in [5.74, 6) is 2.61. The summed E-state index contributed by atoms with van der Waals surface area (Å²) in [6.07, 6.45) is 1.91. The quantitative estimate of drug-likeness (QED) is 0.330. The molecule has 2 N–H and O–H groups in total. The van der Waals surface area contributed by atoms with E-state index in [9.17, 15) is 0 Å². The van der Waals surface area contributed by atoms with E-state index in [2.05, 4.69) is 55.7 Å². The van der Waals surface area contributed by atoms with Crippen LogP contribution >= 0.6 is 39.9 Å². The minimum Gasteiger partial charge on any atom is -0.377 e. The SMILES string of the molecule is CCNC(=NCc1cccc(Br)c1)NC1CCc2nc(COC)nn2C1.I. The van der Waals surface area contributed by atoms with Crippen molar-refractivity contribution < 1.29 is 4.74 Å². The average Bonchev–Trinajstić information content (AvgIpc) is 3.02. The Morgan fingerprint density at radius 1 is 1.44 bits per heavy atom. The molecule has 9 heteroatoms. The number of hydrogen-bond donors (Lipinski definition) is 2. The predicted octanol–water partition coefficient (Wildman–Crippen LogP) is 2.88.